The summed E-state index contributed by atoms with van der Waals surface area (Å²) in [6.07, 6.45) is 11.5. The minimum absolute atomic E-state index is 0.0179. The minimum Gasteiger partial charge on any atom is -0.508 e. The molecule has 3 aliphatic rings. The maximum Gasteiger partial charge on any atom is 0.319 e. The number of terminal acetylenes is 1. The van der Waals surface area contributed by atoms with Gasteiger partial charge < -0.3 is 25.0 Å². The van der Waals surface area contributed by atoms with Crippen LogP contribution in [0.5, 0.6) is 11.8 Å². The molecule has 0 spiro atoms. The zero-order chi connectivity index (χ0) is 28.2. The van der Waals surface area contributed by atoms with Crippen LogP contribution in [0.4, 0.5) is 10.2 Å². The van der Waals surface area contributed by atoms with E-state index in [0.717, 1.165) is 50.0 Å². The fourth-order valence-corrected chi connectivity index (χ4v) is 6.51. The number of hydrogen-bond acceptors (Lipinski definition) is 9. The Hall–Kier alpha value is -4.27. The third kappa shape index (κ3) is 4.44. The first-order valence-corrected chi connectivity index (χ1v) is 14.0. The molecule has 2 aromatic carbocycles. The highest BCUT2D eigenvalue weighted by molar-refractivity contribution is 5.97. The van der Waals surface area contributed by atoms with Crippen molar-refractivity contribution in [2.24, 2.45) is 0 Å². The lowest BCUT2D eigenvalue weighted by Crippen LogP contribution is -2.51. The number of halogens is 1. The minimum atomic E-state index is -0.605. The molecule has 3 saturated heterocycles. The van der Waals surface area contributed by atoms with Crippen molar-refractivity contribution in [1.29, 1.82) is 0 Å². The Kier molecular flexibility index (Phi) is 6.25. The van der Waals surface area contributed by atoms with Gasteiger partial charge in [-0.1, -0.05) is 12.0 Å². The van der Waals surface area contributed by atoms with Crippen LogP contribution in [0.2, 0.25) is 0 Å². The van der Waals surface area contributed by atoms with Crippen molar-refractivity contribution in [1.82, 2.24) is 30.0 Å². The highest BCUT2D eigenvalue weighted by Crippen LogP contribution is 2.33. The van der Waals surface area contributed by atoms with E-state index < -0.39 is 11.4 Å². The number of nitrogens with one attached hydrogen (secondary N) is 1. The summed E-state index contributed by atoms with van der Waals surface area (Å²) in [7, 11) is 2.07. The SMILES string of the molecule is C#Cc1c(F)ccc2cc(O)cc(-n3ncc4c(N5C[C@H]6CC[C@@H](C5)N6)nc(OC[C@@H]5CCCN5C)nc4c3=O)c12. The summed E-state index contributed by atoms with van der Waals surface area (Å²) in [5, 5.41) is 19.8. The molecule has 2 N–H and O–H groups in total. The number of nitrogens with zero attached hydrogens (tertiary/aromatic N) is 6. The Bertz CT molecular complexity index is 1770. The Balaban J connectivity index is 1.40. The highest BCUT2D eigenvalue weighted by Gasteiger charge is 2.34. The third-order valence-corrected chi connectivity index (χ3v) is 8.60. The van der Waals surface area contributed by atoms with E-state index in [0.29, 0.717) is 40.7 Å². The van der Waals surface area contributed by atoms with Crippen LogP contribution >= 0.6 is 0 Å². The molecule has 0 aliphatic carbocycles. The lowest BCUT2D eigenvalue weighted by molar-refractivity contribution is 0.188. The van der Waals surface area contributed by atoms with Crippen LogP contribution in [0.3, 0.4) is 0 Å². The quantitative estimate of drug-likeness (QED) is 0.359. The molecule has 11 heteroatoms. The monoisotopic (exact) mass is 555 g/mol. The van der Waals surface area contributed by atoms with Gasteiger partial charge in [0.05, 0.1) is 22.8 Å². The van der Waals surface area contributed by atoms with Gasteiger partial charge in [0.15, 0.2) is 0 Å². The predicted octanol–water partition coefficient (Wildman–Crippen LogP) is 2.57. The molecule has 210 valence electrons. The number of phenolic OH excluding ortho intramolecular Hbond substituents is 1. The van der Waals surface area contributed by atoms with Crippen LogP contribution < -0.4 is 20.5 Å². The lowest BCUT2D eigenvalue weighted by Gasteiger charge is -2.34. The largest absolute Gasteiger partial charge is 0.508 e. The van der Waals surface area contributed by atoms with Crippen LogP contribution in [-0.4, -0.2) is 81.2 Å². The number of likely N-dealkylation sites (N-methyl/N-ethyl adjacent to an activating group) is 1. The van der Waals surface area contributed by atoms with Crippen molar-refractivity contribution >= 4 is 27.5 Å². The molecular weight excluding hydrogens is 525 g/mol. The molecule has 3 fully saturated rings. The van der Waals surface area contributed by atoms with Gasteiger partial charge in [0.2, 0.25) is 0 Å². The third-order valence-electron chi connectivity index (χ3n) is 8.60. The van der Waals surface area contributed by atoms with E-state index in [4.69, 9.17) is 16.1 Å². The van der Waals surface area contributed by atoms with E-state index in [-0.39, 0.29) is 34.6 Å². The molecule has 0 unspecified atom stereocenters. The molecule has 7 rings (SSSR count). The summed E-state index contributed by atoms with van der Waals surface area (Å²) in [5.74, 6) is 2.28. The molecule has 41 heavy (non-hydrogen) atoms. The van der Waals surface area contributed by atoms with Crippen molar-refractivity contribution < 1.29 is 14.2 Å². The molecule has 10 nitrogen and oxygen atoms in total. The van der Waals surface area contributed by atoms with Crippen molar-refractivity contribution in [3.63, 3.8) is 0 Å². The number of rotatable bonds is 5. The molecule has 0 saturated carbocycles. The van der Waals surface area contributed by atoms with E-state index >= 15 is 0 Å². The van der Waals surface area contributed by atoms with Crippen LogP contribution in [-0.2, 0) is 0 Å². The van der Waals surface area contributed by atoms with Gasteiger partial charge >= 0.3 is 6.01 Å². The van der Waals surface area contributed by atoms with Gasteiger partial charge in [-0.3, -0.25) is 4.79 Å². The standard InChI is InChI=1S/C30H30FN7O3/c1-3-22-24(31)9-6-17-11-21(39)12-25(26(17)22)38-29(40)27-23(13-32-38)28(37-14-18-7-8-19(15-37)33-18)35-30(34-27)41-16-20-5-4-10-36(20)2/h1,6,9,11-13,18-20,33,39H,4-5,7-8,10,14-16H2,2H3/t18-,19+,20-/m0/s1. The number of hydrogen-bond donors (Lipinski definition) is 2. The first-order valence-electron chi connectivity index (χ1n) is 14.0. The summed E-state index contributed by atoms with van der Waals surface area (Å²) in [6, 6.07) is 6.64. The van der Waals surface area contributed by atoms with Gasteiger partial charge in [-0.25, -0.2) is 4.39 Å². The zero-order valence-corrected chi connectivity index (χ0v) is 22.7. The Morgan fingerprint density at radius 1 is 1.20 bits per heavy atom. The van der Waals surface area contributed by atoms with E-state index in [1.165, 1.54) is 24.3 Å². The smallest absolute Gasteiger partial charge is 0.319 e. The lowest BCUT2D eigenvalue weighted by atomic mass is 10.0. The summed E-state index contributed by atoms with van der Waals surface area (Å²) >= 11 is 0. The molecule has 3 aliphatic heterocycles. The van der Waals surface area contributed by atoms with Crippen molar-refractivity contribution in [2.45, 2.75) is 43.8 Å². The van der Waals surface area contributed by atoms with Crippen LogP contribution in [0.1, 0.15) is 31.2 Å². The van der Waals surface area contributed by atoms with Gasteiger partial charge in [-0.2, -0.15) is 19.7 Å². The summed E-state index contributed by atoms with van der Waals surface area (Å²) in [4.78, 5) is 27.9. The fraction of sp³-hybridized carbons (Fsp3) is 0.400. The second-order valence-corrected chi connectivity index (χ2v) is 11.2. The van der Waals surface area contributed by atoms with E-state index in [1.807, 2.05) is 0 Å². The fourth-order valence-electron chi connectivity index (χ4n) is 6.51. The molecular formula is C30H30FN7O3. The predicted molar refractivity (Wildman–Crippen MR) is 153 cm³/mol. The average Bonchev–Trinajstić information content (AvgIpc) is 3.54. The molecule has 3 atom stereocenters. The maximum absolute atomic E-state index is 14.7. The molecule has 0 radical (unpaired) electrons. The van der Waals surface area contributed by atoms with Gasteiger partial charge in [-0.05, 0) is 56.8 Å². The van der Waals surface area contributed by atoms with Gasteiger partial charge in [0.25, 0.3) is 5.56 Å². The topological polar surface area (TPSA) is 109 Å². The summed E-state index contributed by atoms with van der Waals surface area (Å²) in [5.41, 5.74) is -0.280. The first-order chi connectivity index (χ1) is 19.9. The number of likely N-dealkylation sites (tertiary alicyclic amines) is 1. The molecule has 2 bridgehead atoms. The van der Waals surface area contributed by atoms with E-state index in [9.17, 15) is 14.3 Å². The van der Waals surface area contributed by atoms with E-state index in [1.54, 1.807) is 6.20 Å². The van der Waals surface area contributed by atoms with Crippen molar-refractivity contribution in [3.05, 3.63) is 52.2 Å². The number of benzene rings is 2. The van der Waals surface area contributed by atoms with Gasteiger partial charge in [-0.15, -0.1) is 6.42 Å². The van der Waals surface area contributed by atoms with Crippen molar-refractivity contribution in [3.8, 4) is 29.8 Å². The molecule has 0 amide bonds. The maximum atomic E-state index is 14.7. The number of ether oxygens (including phenoxy) is 1. The Labute approximate surface area is 235 Å². The number of fused-ring (bicyclic) bond motifs is 4. The van der Waals surface area contributed by atoms with Gasteiger partial charge in [0, 0.05) is 42.7 Å². The number of piperazine rings is 1. The molecule has 2 aromatic heterocycles. The Morgan fingerprint density at radius 2 is 2.00 bits per heavy atom. The van der Waals surface area contributed by atoms with E-state index in [2.05, 4.69) is 38.2 Å². The Morgan fingerprint density at radius 3 is 2.73 bits per heavy atom. The van der Waals surface area contributed by atoms with Crippen LogP contribution in [0.25, 0.3) is 27.4 Å². The zero-order valence-electron chi connectivity index (χ0n) is 22.7. The summed E-state index contributed by atoms with van der Waals surface area (Å²) in [6.45, 7) is 2.92. The number of aromatic nitrogens is 4. The molecule has 4 aromatic rings. The molecule has 5 heterocycles. The van der Waals surface area contributed by atoms with Gasteiger partial charge in [0.1, 0.15) is 29.5 Å². The second-order valence-electron chi connectivity index (χ2n) is 11.2. The van der Waals surface area contributed by atoms with Crippen molar-refractivity contribution in [2.75, 3.05) is 38.2 Å². The second kappa shape index (κ2) is 9.98. The highest BCUT2D eigenvalue weighted by atomic mass is 19.1. The summed E-state index contributed by atoms with van der Waals surface area (Å²) < 4.78 is 22.0. The van der Waals surface area contributed by atoms with Crippen LogP contribution in [0.15, 0.2) is 35.3 Å². The normalized spacial score (nSPS) is 22.5. The number of anilines is 1. The van der Waals surface area contributed by atoms with Crippen LogP contribution in [0, 0.1) is 18.2 Å². The number of aromatic hydroxyl groups is 1. The number of phenols is 1. The average molecular weight is 556 g/mol. The first kappa shape index (κ1) is 25.7.